The molecule has 1 unspecified atom stereocenters. The average Bonchev–Trinajstić information content (AvgIpc) is 3.48. The summed E-state index contributed by atoms with van der Waals surface area (Å²) in [6.07, 6.45) is 0.926. The second kappa shape index (κ2) is 10.3. The quantitative estimate of drug-likeness (QED) is 0.216. The van der Waals surface area contributed by atoms with Crippen LogP contribution in [0.2, 0.25) is 0 Å². The summed E-state index contributed by atoms with van der Waals surface area (Å²) >= 11 is 0. The standard InChI is InChI=1S/C23H20N4O10/c1-2-35-22(31)18-13(24-23(32)25-19(18)15-7-4-10-36-15)11-37-16(28)8-9-26-20(29)12-5-3-6-14(27(33)34)17(12)21(26)30/h3-7,10,19H,2,8-9,11H2,1H3,(H2,24,25,32). The van der Waals surface area contributed by atoms with Crippen molar-refractivity contribution in [3.8, 4) is 0 Å². The number of nitro groups is 1. The Morgan fingerprint density at radius 1 is 1.14 bits per heavy atom. The van der Waals surface area contributed by atoms with Crippen molar-refractivity contribution in [1.82, 2.24) is 15.5 Å². The molecule has 0 saturated carbocycles. The van der Waals surface area contributed by atoms with Gasteiger partial charge in [-0.3, -0.25) is 29.4 Å². The van der Waals surface area contributed by atoms with Crippen molar-refractivity contribution in [2.24, 2.45) is 0 Å². The minimum absolute atomic E-state index is 0.0307. The van der Waals surface area contributed by atoms with Crippen LogP contribution in [0.4, 0.5) is 10.5 Å². The highest BCUT2D eigenvalue weighted by Crippen LogP contribution is 2.31. The van der Waals surface area contributed by atoms with E-state index in [0.29, 0.717) is 0 Å². The zero-order chi connectivity index (χ0) is 26.7. The van der Waals surface area contributed by atoms with Crippen molar-refractivity contribution in [1.29, 1.82) is 0 Å². The van der Waals surface area contributed by atoms with Crippen molar-refractivity contribution in [2.75, 3.05) is 19.8 Å². The van der Waals surface area contributed by atoms with Gasteiger partial charge in [0.2, 0.25) is 0 Å². The number of nitro benzene ring substituents is 1. The summed E-state index contributed by atoms with van der Waals surface area (Å²) in [5.41, 5.74) is -1.04. The van der Waals surface area contributed by atoms with Crippen LogP contribution in [-0.4, -0.2) is 59.4 Å². The van der Waals surface area contributed by atoms with E-state index in [2.05, 4.69) is 10.6 Å². The molecule has 0 bridgehead atoms. The molecule has 1 aromatic heterocycles. The van der Waals surface area contributed by atoms with E-state index in [9.17, 15) is 34.1 Å². The van der Waals surface area contributed by atoms with Crippen LogP contribution in [0.5, 0.6) is 0 Å². The minimum Gasteiger partial charge on any atom is -0.467 e. The van der Waals surface area contributed by atoms with Crippen LogP contribution in [0.25, 0.3) is 0 Å². The smallest absolute Gasteiger partial charge is 0.338 e. The van der Waals surface area contributed by atoms with Gasteiger partial charge in [0, 0.05) is 12.6 Å². The van der Waals surface area contributed by atoms with Crippen molar-refractivity contribution in [2.45, 2.75) is 19.4 Å². The van der Waals surface area contributed by atoms with Crippen molar-refractivity contribution >= 4 is 35.5 Å². The van der Waals surface area contributed by atoms with E-state index in [0.717, 1.165) is 11.0 Å². The van der Waals surface area contributed by atoms with Gasteiger partial charge in [0.15, 0.2) is 0 Å². The minimum atomic E-state index is -0.995. The SMILES string of the molecule is CCOC(=O)C1=C(COC(=O)CCN2C(=O)c3cccc([N+](=O)[O-])c3C2=O)NC(=O)NC1c1ccco1. The molecule has 2 aliphatic heterocycles. The number of ether oxygens (including phenoxy) is 2. The molecule has 0 spiro atoms. The molecular formula is C23H20N4O10. The zero-order valence-electron chi connectivity index (χ0n) is 19.3. The molecule has 1 aromatic carbocycles. The number of amides is 4. The van der Waals surface area contributed by atoms with Gasteiger partial charge in [0.05, 0.1) is 41.0 Å². The maximum Gasteiger partial charge on any atom is 0.338 e. The Balaban J connectivity index is 1.46. The molecule has 2 aromatic rings. The van der Waals surface area contributed by atoms with Crippen LogP contribution in [0.1, 0.15) is 45.9 Å². The highest BCUT2D eigenvalue weighted by atomic mass is 16.6. The third kappa shape index (κ3) is 4.89. The lowest BCUT2D eigenvalue weighted by molar-refractivity contribution is -0.385. The molecule has 2 N–H and O–H groups in total. The summed E-state index contributed by atoms with van der Waals surface area (Å²) < 4.78 is 15.6. The molecular weight excluding hydrogens is 492 g/mol. The van der Waals surface area contributed by atoms with Crippen LogP contribution < -0.4 is 10.6 Å². The predicted octanol–water partition coefficient (Wildman–Crippen LogP) is 1.59. The topological polar surface area (TPSA) is 187 Å². The number of nitrogens with zero attached hydrogens (tertiary/aromatic N) is 2. The molecule has 37 heavy (non-hydrogen) atoms. The summed E-state index contributed by atoms with van der Waals surface area (Å²) in [7, 11) is 0. The van der Waals surface area contributed by atoms with Crippen LogP contribution >= 0.6 is 0 Å². The number of furan rings is 1. The Morgan fingerprint density at radius 2 is 1.92 bits per heavy atom. The summed E-state index contributed by atoms with van der Waals surface area (Å²) in [4.78, 5) is 73.7. The maximum absolute atomic E-state index is 12.6. The number of esters is 2. The number of hydrogen-bond donors (Lipinski definition) is 2. The van der Waals surface area contributed by atoms with Crippen LogP contribution in [0.15, 0.2) is 52.3 Å². The van der Waals surface area contributed by atoms with E-state index in [-0.39, 0.29) is 34.8 Å². The first kappa shape index (κ1) is 25.1. The number of carbonyl (C=O) groups is 5. The first-order chi connectivity index (χ1) is 17.7. The van der Waals surface area contributed by atoms with E-state index in [4.69, 9.17) is 13.9 Å². The first-order valence-electron chi connectivity index (χ1n) is 11.0. The second-order valence-electron chi connectivity index (χ2n) is 7.79. The maximum atomic E-state index is 12.6. The molecule has 0 aliphatic carbocycles. The third-order valence-electron chi connectivity index (χ3n) is 5.57. The molecule has 2 aliphatic rings. The van der Waals surface area contributed by atoms with Gasteiger partial charge in [0.25, 0.3) is 17.5 Å². The number of benzene rings is 1. The molecule has 0 radical (unpaired) electrons. The van der Waals surface area contributed by atoms with Gasteiger partial charge in [-0.05, 0) is 25.1 Å². The highest BCUT2D eigenvalue weighted by molar-refractivity contribution is 6.23. The highest BCUT2D eigenvalue weighted by Gasteiger charge is 2.41. The van der Waals surface area contributed by atoms with Gasteiger partial charge in [0.1, 0.15) is 24.0 Å². The number of hydrogen-bond acceptors (Lipinski definition) is 10. The third-order valence-corrected chi connectivity index (χ3v) is 5.57. The summed E-state index contributed by atoms with van der Waals surface area (Å²) in [6.45, 7) is 0.732. The van der Waals surface area contributed by atoms with E-state index in [1.165, 1.54) is 18.4 Å². The van der Waals surface area contributed by atoms with Crippen LogP contribution in [0, 0.1) is 10.1 Å². The van der Waals surface area contributed by atoms with Gasteiger partial charge in [-0.2, -0.15) is 0 Å². The molecule has 192 valence electrons. The Labute approximate surface area is 208 Å². The molecule has 0 fully saturated rings. The first-order valence-corrected chi connectivity index (χ1v) is 11.0. The fourth-order valence-electron chi connectivity index (χ4n) is 3.95. The number of urea groups is 1. The Morgan fingerprint density at radius 3 is 2.59 bits per heavy atom. The number of nitrogens with one attached hydrogen (secondary N) is 2. The Kier molecular flexibility index (Phi) is 6.99. The second-order valence-corrected chi connectivity index (χ2v) is 7.79. The van der Waals surface area contributed by atoms with Crippen molar-refractivity contribution < 1.29 is 42.8 Å². The number of carbonyl (C=O) groups excluding carboxylic acids is 5. The molecule has 0 saturated heterocycles. The molecule has 4 amide bonds. The van der Waals surface area contributed by atoms with Gasteiger partial charge in [-0.1, -0.05) is 6.07 Å². The van der Waals surface area contributed by atoms with Gasteiger partial charge in [-0.15, -0.1) is 0 Å². The van der Waals surface area contributed by atoms with Gasteiger partial charge < -0.3 is 24.5 Å². The van der Waals surface area contributed by atoms with E-state index < -0.39 is 66.0 Å². The molecule has 1 atom stereocenters. The number of rotatable bonds is 9. The fourth-order valence-corrected chi connectivity index (χ4v) is 3.95. The summed E-state index contributed by atoms with van der Waals surface area (Å²) in [5.74, 6) is -3.03. The van der Waals surface area contributed by atoms with E-state index in [1.54, 1.807) is 19.1 Å². The van der Waals surface area contributed by atoms with Gasteiger partial charge >= 0.3 is 18.0 Å². The van der Waals surface area contributed by atoms with E-state index in [1.807, 2.05) is 0 Å². The summed E-state index contributed by atoms with van der Waals surface area (Å²) in [6, 6.07) is 5.14. The largest absolute Gasteiger partial charge is 0.467 e. The molecule has 14 heteroatoms. The molecule has 4 rings (SSSR count). The molecule has 14 nitrogen and oxygen atoms in total. The van der Waals surface area contributed by atoms with Gasteiger partial charge in [-0.25, -0.2) is 9.59 Å². The number of fused-ring (bicyclic) bond motifs is 1. The van der Waals surface area contributed by atoms with Crippen LogP contribution in [0.3, 0.4) is 0 Å². The Bertz CT molecular complexity index is 1330. The lowest BCUT2D eigenvalue weighted by Crippen LogP contribution is -2.47. The monoisotopic (exact) mass is 512 g/mol. The van der Waals surface area contributed by atoms with Crippen molar-refractivity contribution in [3.05, 3.63) is 74.9 Å². The zero-order valence-corrected chi connectivity index (χ0v) is 19.3. The predicted molar refractivity (Wildman–Crippen MR) is 121 cm³/mol. The Hall–Kier alpha value is -5.01. The fraction of sp³-hybridized carbons (Fsp3) is 0.261. The van der Waals surface area contributed by atoms with E-state index >= 15 is 0 Å². The molecule has 3 heterocycles. The normalized spacial score (nSPS) is 16.7. The van der Waals surface area contributed by atoms with Crippen molar-refractivity contribution in [3.63, 3.8) is 0 Å². The lowest BCUT2D eigenvalue weighted by atomic mass is 10.0. The lowest BCUT2D eigenvalue weighted by Gasteiger charge is -2.27. The number of imide groups is 1. The van der Waals surface area contributed by atoms with Crippen LogP contribution in [-0.2, 0) is 19.1 Å². The summed E-state index contributed by atoms with van der Waals surface area (Å²) in [5, 5.41) is 16.2. The average molecular weight is 512 g/mol.